The molecule has 1 saturated heterocycles. The number of hydrogen-bond donors (Lipinski definition) is 2. The van der Waals surface area contributed by atoms with Crippen LogP contribution in [0, 0.1) is 5.92 Å². The highest BCUT2D eigenvalue weighted by molar-refractivity contribution is 8.14. The number of primary amides is 1. The van der Waals surface area contributed by atoms with E-state index in [0.717, 1.165) is 23.8 Å². The van der Waals surface area contributed by atoms with E-state index >= 15 is 0 Å². The molecule has 1 fully saturated rings. The fourth-order valence-electron chi connectivity index (χ4n) is 1.87. The maximum Gasteiger partial charge on any atom is 0.242 e. The summed E-state index contributed by atoms with van der Waals surface area (Å²) in [5, 5.41) is 4.32. The third-order valence-electron chi connectivity index (χ3n) is 3.39. The van der Waals surface area contributed by atoms with Crippen molar-refractivity contribution in [3.05, 3.63) is 0 Å². The number of amides is 1. The van der Waals surface area contributed by atoms with Crippen molar-refractivity contribution in [2.24, 2.45) is 16.6 Å². The van der Waals surface area contributed by atoms with Gasteiger partial charge in [-0.05, 0) is 18.8 Å². The average Bonchev–Trinajstić information content (AvgIpc) is 2.69. The molecule has 0 saturated carbocycles. The van der Waals surface area contributed by atoms with E-state index in [-0.39, 0.29) is 17.4 Å². The molecule has 0 radical (unpaired) electrons. The summed E-state index contributed by atoms with van der Waals surface area (Å²) in [4.78, 5) is 15.8. The van der Waals surface area contributed by atoms with Gasteiger partial charge in [0.25, 0.3) is 0 Å². The molecule has 1 unspecified atom stereocenters. The Balaban J connectivity index is 2.78. The van der Waals surface area contributed by atoms with Crippen LogP contribution in [0.4, 0.5) is 0 Å². The molecule has 98 valence electrons. The number of nitrogens with zero attached hydrogens (tertiary/aromatic N) is 1. The summed E-state index contributed by atoms with van der Waals surface area (Å²) in [6.45, 7) is 8.28. The lowest BCUT2D eigenvalue weighted by atomic mass is 9.96. The Bertz CT molecular complexity index is 311. The smallest absolute Gasteiger partial charge is 0.242 e. The number of thioether (sulfide) groups is 1. The summed E-state index contributed by atoms with van der Waals surface area (Å²) in [5.41, 5.74) is 5.51. The van der Waals surface area contributed by atoms with E-state index in [4.69, 9.17) is 5.73 Å². The van der Waals surface area contributed by atoms with Gasteiger partial charge in [-0.1, -0.05) is 39.5 Å². The summed E-state index contributed by atoms with van der Waals surface area (Å²) in [7, 11) is 0. The van der Waals surface area contributed by atoms with Crippen LogP contribution in [0.25, 0.3) is 0 Å². The predicted molar refractivity (Wildman–Crippen MR) is 74.2 cm³/mol. The van der Waals surface area contributed by atoms with Crippen LogP contribution in [0.2, 0.25) is 0 Å². The minimum absolute atomic E-state index is 0.139. The molecule has 1 rings (SSSR count). The molecule has 0 aromatic carbocycles. The highest BCUT2D eigenvalue weighted by Gasteiger charge is 2.34. The van der Waals surface area contributed by atoms with Gasteiger partial charge in [-0.2, -0.15) is 0 Å². The zero-order valence-electron chi connectivity index (χ0n) is 11.1. The van der Waals surface area contributed by atoms with Crippen molar-refractivity contribution in [2.75, 3.05) is 5.75 Å². The van der Waals surface area contributed by atoms with Crippen LogP contribution >= 0.6 is 11.8 Å². The Morgan fingerprint density at radius 1 is 1.53 bits per heavy atom. The molecule has 17 heavy (non-hydrogen) atoms. The van der Waals surface area contributed by atoms with Gasteiger partial charge in [-0.25, -0.2) is 4.99 Å². The van der Waals surface area contributed by atoms with Gasteiger partial charge in [0, 0.05) is 11.3 Å². The number of nitrogens with one attached hydrogen (secondary N) is 1. The molecule has 1 aliphatic rings. The molecule has 0 aliphatic carbocycles. The number of hydrogen-bond acceptors (Lipinski definition) is 3. The van der Waals surface area contributed by atoms with Crippen LogP contribution in [-0.4, -0.2) is 28.4 Å². The summed E-state index contributed by atoms with van der Waals surface area (Å²) < 4.78 is 0. The Morgan fingerprint density at radius 2 is 2.12 bits per heavy atom. The molecule has 0 bridgehead atoms. The number of carbonyl (C=O) groups excluding carboxylic acids is 1. The lowest BCUT2D eigenvalue weighted by Gasteiger charge is -2.25. The quantitative estimate of drug-likeness (QED) is 0.788. The van der Waals surface area contributed by atoms with Crippen LogP contribution in [0.1, 0.15) is 40.5 Å². The van der Waals surface area contributed by atoms with Crippen molar-refractivity contribution < 1.29 is 4.79 Å². The van der Waals surface area contributed by atoms with Crippen molar-refractivity contribution in [1.29, 1.82) is 0 Å². The molecule has 1 aliphatic heterocycles. The van der Waals surface area contributed by atoms with E-state index in [1.165, 1.54) is 0 Å². The molecular formula is C12H23N3OS. The Kier molecular flexibility index (Phi) is 4.86. The van der Waals surface area contributed by atoms with Gasteiger partial charge in [0.05, 0.1) is 0 Å². The molecule has 1 atom stereocenters. The van der Waals surface area contributed by atoms with Crippen molar-refractivity contribution in [3.8, 4) is 0 Å². The standard InChI is InChI=1S/C12H23N3OS/c1-5-12(6-2)7-17-11(15-12)14-9(8(3)4)10(13)16/h8-9H,5-7H2,1-4H3,(H2,13,16)(H,14,15). The normalized spacial score (nSPS) is 22.8. The van der Waals surface area contributed by atoms with Crippen LogP contribution in [0.3, 0.4) is 0 Å². The monoisotopic (exact) mass is 257 g/mol. The molecule has 0 aromatic rings. The number of rotatable bonds is 5. The average molecular weight is 257 g/mol. The first-order valence-corrected chi connectivity index (χ1v) is 7.20. The summed E-state index contributed by atoms with van der Waals surface area (Å²) >= 11 is 1.69. The van der Waals surface area contributed by atoms with E-state index in [1.807, 2.05) is 13.8 Å². The zero-order chi connectivity index (χ0) is 13.1. The first-order chi connectivity index (χ1) is 7.94. The summed E-state index contributed by atoms with van der Waals surface area (Å²) in [6.07, 6.45) is 2.14. The molecular weight excluding hydrogens is 234 g/mol. The second-order valence-electron chi connectivity index (χ2n) is 4.93. The van der Waals surface area contributed by atoms with Crippen LogP contribution in [0.15, 0.2) is 4.99 Å². The first kappa shape index (κ1) is 14.4. The SMILES string of the molecule is CCC1(CC)CSC(=NC(C(N)=O)C(C)C)N1. The molecule has 3 N–H and O–H groups in total. The third-order valence-corrected chi connectivity index (χ3v) is 4.57. The minimum atomic E-state index is -0.422. The molecule has 4 nitrogen and oxygen atoms in total. The minimum Gasteiger partial charge on any atom is -0.368 e. The first-order valence-electron chi connectivity index (χ1n) is 6.22. The summed E-state index contributed by atoms with van der Waals surface area (Å²) in [5.74, 6) is 0.809. The second-order valence-corrected chi connectivity index (χ2v) is 5.89. The second kappa shape index (κ2) is 5.76. The van der Waals surface area contributed by atoms with Gasteiger partial charge in [0.1, 0.15) is 6.04 Å². The number of nitrogens with two attached hydrogens (primary N) is 1. The fraction of sp³-hybridized carbons (Fsp3) is 0.833. The number of carbonyl (C=O) groups is 1. The Morgan fingerprint density at radius 3 is 2.47 bits per heavy atom. The number of aliphatic imine (C=N–C) groups is 1. The van der Waals surface area contributed by atoms with E-state index in [9.17, 15) is 4.79 Å². The molecule has 0 spiro atoms. The molecule has 1 heterocycles. The van der Waals surface area contributed by atoms with Crippen molar-refractivity contribution in [3.63, 3.8) is 0 Å². The Labute approximate surface area is 108 Å². The van der Waals surface area contributed by atoms with Crippen LogP contribution < -0.4 is 11.1 Å². The maximum absolute atomic E-state index is 11.3. The van der Waals surface area contributed by atoms with E-state index in [1.54, 1.807) is 11.8 Å². The molecule has 1 amide bonds. The maximum atomic E-state index is 11.3. The zero-order valence-corrected chi connectivity index (χ0v) is 11.9. The van der Waals surface area contributed by atoms with Crippen molar-refractivity contribution in [2.45, 2.75) is 52.1 Å². The van der Waals surface area contributed by atoms with Gasteiger partial charge in [-0.15, -0.1) is 0 Å². The molecule has 0 aromatic heterocycles. The van der Waals surface area contributed by atoms with E-state index < -0.39 is 6.04 Å². The van der Waals surface area contributed by atoms with Crippen LogP contribution in [-0.2, 0) is 4.79 Å². The van der Waals surface area contributed by atoms with Crippen molar-refractivity contribution >= 4 is 22.8 Å². The lowest BCUT2D eigenvalue weighted by Crippen LogP contribution is -2.43. The highest BCUT2D eigenvalue weighted by atomic mass is 32.2. The van der Waals surface area contributed by atoms with Crippen LogP contribution in [0.5, 0.6) is 0 Å². The Hall–Kier alpha value is -0.710. The fourth-order valence-corrected chi connectivity index (χ4v) is 3.24. The lowest BCUT2D eigenvalue weighted by molar-refractivity contribution is -0.120. The van der Waals surface area contributed by atoms with Gasteiger partial charge in [-0.3, -0.25) is 4.79 Å². The van der Waals surface area contributed by atoms with Gasteiger partial charge >= 0.3 is 0 Å². The number of amidine groups is 1. The summed E-state index contributed by atoms with van der Waals surface area (Å²) in [6, 6.07) is -0.422. The van der Waals surface area contributed by atoms with Gasteiger partial charge in [0.2, 0.25) is 5.91 Å². The van der Waals surface area contributed by atoms with Crippen molar-refractivity contribution in [1.82, 2.24) is 5.32 Å². The third kappa shape index (κ3) is 3.37. The molecule has 5 heteroatoms. The predicted octanol–water partition coefficient (Wildman–Crippen LogP) is 1.75. The largest absolute Gasteiger partial charge is 0.368 e. The van der Waals surface area contributed by atoms with Gasteiger partial charge < -0.3 is 11.1 Å². The van der Waals surface area contributed by atoms with E-state index in [2.05, 4.69) is 24.2 Å². The topological polar surface area (TPSA) is 67.5 Å². The van der Waals surface area contributed by atoms with E-state index in [0.29, 0.717) is 0 Å². The highest BCUT2D eigenvalue weighted by Crippen LogP contribution is 2.29. The van der Waals surface area contributed by atoms with Gasteiger partial charge in [0.15, 0.2) is 5.17 Å².